The molecule has 2 aromatic heterocycles. The van der Waals surface area contributed by atoms with Crippen molar-refractivity contribution in [1.82, 2.24) is 15.2 Å². The summed E-state index contributed by atoms with van der Waals surface area (Å²) in [6.45, 7) is 4.00. The van der Waals surface area contributed by atoms with Gasteiger partial charge in [-0.1, -0.05) is 19.9 Å². The van der Waals surface area contributed by atoms with Crippen molar-refractivity contribution in [3.63, 3.8) is 0 Å². The van der Waals surface area contributed by atoms with Crippen molar-refractivity contribution in [2.75, 3.05) is 0 Å². The second kappa shape index (κ2) is 5.09. The molecule has 3 nitrogen and oxygen atoms in total. The number of H-pyrrole nitrogens is 1. The minimum absolute atomic E-state index is 0.921. The molecule has 0 unspecified atom stereocenters. The van der Waals surface area contributed by atoms with E-state index in [1.165, 1.54) is 0 Å². The van der Waals surface area contributed by atoms with E-state index in [9.17, 15) is 0 Å². The van der Waals surface area contributed by atoms with Gasteiger partial charge in [0.05, 0.1) is 11.4 Å². The van der Waals surface area contributed by atoms with Crippen LogP contribution in [-0.4, -0.2) is 15.2 Å². The molecular formula is C10H13N3. The van der Waals surface area contributed by atoms with Crippen LogP contribution in [0.2, 0.25) is 0 Å². The average molecular weight is 175 g/mol. The summed E-state index contributed by atoms with van der Waals surface area (Å²) in [6, 6.07) is 7.67. The summed E-state index contributed by atoms with van der Waals surface area (Å²) in [5.74, 6) is 0. The lowest BCUT2D eigenvalue weighted by atomic mass is 10.3. The van der Waals surface area contributed by atoms with Crippen molar-refractivity contribution in [2.45, 2.75) is 13.8 Å². The fraction of sp³-hybridized carbons (Fsp3) is 0.200. The van der Waals surface area contributed by atoms with Crippen LogP contribution in [0.5, 0.6) is 0 Å². The third kappa shape index (κ3) is 2.40. The fourth-order valence-electron chi connectivity index (χ4n) is 0.921. The van der Waals surface area contributed by atoms with Crippen molar-refractivity contribution >= 4 is 0 Å². The number of hydrogen-bond acceptors (Lipinski definition) is 2. The summed E-state index contributed by atoms with van der Waals surface area (Å²) in [5.41, 5.74) is 1.87. The Hall–Kier alpha value is -1.64. The van der Waals surface area contributed by atoms with E-state index in [0.717, 1.165) is 11.4 Å². The first kappa shape index (κ1) is 9.45. The lowest BCUT2D eigenvalue weighted by Gasteiger charge is -1.92. The molecule has 0 amide bonds. The Kier molecular flexibility index (Phi) is 3.70. The zero-order chi connectivity index (χ0) is 9.52. The zero-order valence-electron chi connectivity index (χ0n) is 7.86. The SMILES string of the molecule is CC.c1ccc(-c2ccn[nH]2)nc1. The highest BCUT2D eigenvalue weighted by Crippen LogP contribution is 2.10. The van der Waals surface area contributed by atoms with E-state index in [1.807, 2.05) is 38.1 Å². The summed E-state index contributed by atoms with van der Waals surface area (Å²) >= 11 is 0. The van der Waals surface area contributed by atoms with Crippen LogP contribution in [0.3, 0.4) is 0 Å². The molecule has 2 heterocycles. The standard InChI is InChI=1S/C8H7N3.C2H6/c1-2-5-9-7(3-1)8-4-6-10-11-8;1-2/h1-6H,(H,10,11);1-2H3. The van der Waals surface area contributed by atoms with E-state index in [2.05, 4.69) is 15.2 Å². The quantitative estimate of drug-likeness (QED) is 0.723. The van der Waals surface area contributed by atoms with Crippen LogP contribution in [0.25, 0.3) is 11.4 Å². The molecule has 0 saturated heterocycles. The fourth-order valence-corrected chi connectivity index (χ4v) is 0.921. The van der Waals surface area contributed by atoms with E-state index >= 15 is 0 Å². The predicted octanol–water partition coefficient (Wildman–Crippen LogP) is 2.50. The highest BCUT2D eigenvalue weighted by Gasteiger charge is 1.95. The maximum absolute atomic E-state index is 4.15. The monoisotopic (exact) mass is 175 g/mol. The van der Waals surface area contributed by atoms with Crippen LogP contribution in [0.15, 0.2) is 36.7 Å². The van der Waals surface area contributed by atoms with Gasteiger partial charge in [-0.15, -0.1) is 0 Å². The van der Waals surface area contributed by atoms with Gasteiger partial charge in [-0.3, -0.25) is 10.1 Å². The van der Waals surface area contributed by atoms with Crippen molar-refractivity contribution < 1.29 is 0 Å². The Bertz CT molecular complexity index is 313. The minimum atomic E-state index is 0.921. The molecule has 2 aromatic rings. The van der Waals surface area contributed by atoms with E-state index in [-0.39, 0.29) is 0 Å². The number of aromatic amines is 1. The van der Waals surface area contributed by atoms with Crippen LogP contribution in [0, 0.1) is 0 Å². The first-order valence-electron chi connectivity index (χ1n) is 4.37. The molecule has 1 N–H and O–H groups in total. The Balaban J connectivity index is 0.000000396. The van der Waals surface area contributed by atoms with E-state index in [0.29, 0.717) is 0 Å². The summed E-state index contributed by atoms with van der Waals surface area (Å²) in [7, 11) is 0. The van der Waals surface area contributed by atoms with Crippen LogP contribution < -0.4 is 0 Å². The van der Waals surface area contributed by atoms with Gasteiger partial charge in [0, 0.05) is 12.4 Å². The van der Waals surface area contributed by atoms with E-state index in [1.54, 1.807) is 12.4 Å². The smallest absolute Gasteiger partial charge is 0.0880 e. The summed E-state index contributed by atoms with van der Waals surface area (Å²) in [6.07, 6.45) is 3.47. The van der Waals surface area contributed by atoms with Crippen LogP contribution >= 0.6 is 0 Å². The van der Waals surface area contributed by atoms with Gasteiger partial charge in [-0.2, -0.15) is 5.10 Å². The summed E-state index contributed by atoms with van der Waals surface area (Å²) in [5, 5.41) is 6.67. The molecule has 0 aromatic carbocycles. The molecule has 0 aliphatic rings. The Morgan fingerprint density at radius 2 is 1.92 bits per heavy atom. The predicted molar refractivity (Wildman–Crippen MR) is 53.2 cm³/mol. The second-order valence-electron chi connectivity index (χ2n) is 2.19. The van der Waals surface area contributed by atoms with E-state index in [4.69, 9.17) is 0 Å². The highest BCUT2D eigenvalue weighted by atomic mass is 15.1. The van der Waals surface area contributed by atoms with Gasteiger partial charge < -0.3 is 0 Å². The van der Waals surface area contributed by atoms with Crippen LogP contribution in [0.1, 0.15) is 13.8 Å². The number of nitrogens with zero attached hydrogens (tertiary/aromatic N) is 2. The van der Waals surface area contributed by atoms with Gasteiger partial charge in [0.2, 0.25) is 0 Å². The average Bonchev–Trinajstić information content (AvgIpc) is 2.75. The number of aromatic nitrogens is 3. The molecule has 2 rings (SSSR count). The van der Waals surface area contributed by atoms with Gasteiger partial charge in [0.1, 0.15) is 0 Å². The molecule has 3 heteroatoms. The van der Waals surface area contributed by atoms with Crippen molar-refractivity contribution in [3.8, 4) is 11.4 Å². The molecule has 0 aliphatic heterocycles. The topological polar surface area (TPSA) is 41.6 Å². The van der Waals surface area contributed by atoms with Crippen molar-refractivity contribution in [3.05, 3.63) is 36.7 Å². The Morgan fingerprint density at radius 1 is 1.08 bits per heavy atom. The molecular weight excluding hydrogens is 162 g/mol. The number of pyridine rings is 1. The minimum Gasteiger partial charge on any atom is -0.276 e. The first-order valence-corrected chi connectivity index (χ1v) is 4.37. The van der Waals surface area contributed by atoms with Gasteiger partial charge in [-0.25, -0.2) is 0 Å². The maximum atomic E-state index is 4.15. The Morgan fingerprint density at radius 3 is 2.46 bits per heavy atom. The van der Waals surface area contributed by atoms with Gasteiger partial charge in [0.15, 0.2) is 0 Å². The maximum Gasteiger partial charge on any atom is 0.0880 e. The second-order valence-corrected chi connectivity index (χ2v) is 2.19. The largest absolute Gasteiger partial charge is 0.276 e. The molecule has 13 heavy (non-hydrogen) atoms. The first-order chi connectivity index (χ1) is 6.47. The van der Waals surface area contributed by atoms with Crippen LogP contribution in [-0.2, 0) is 0 Å². The molecule has 0 spiro atoms. The molecule has 0 fully saturated rings. The van der Waals surface area contributed by atoms with Crippen molar-refractivity contribution in [2.24, 2.45) is 0 Å². The van der Waals surface area contributed by atoms with Gasteiger partial charge in [-0.05, 0) is 18.2 Å². The van der Waals surface area contributed by atoms with Crippen molar-refractivity contribution in [1.29, 1.82) is 0 Å². The number of nitrogens with one attached hydrogen (secondary N) is 1. The molecule has 0 aliphatic carbocycles. The summed E-state index contributed by atoms with van der Waals surface area (Å²) in [4.78, 5) is 4.15. The molecule has 0 radical (unpaired) electrons. The van der Waals surface area contributed by atoms with E-state index < -0.39 is 0 Å². The third-order valence-electron chi connectivity index (χ3n) is 1.44. The summed E-state index contributed by atoms with van der Waals surface area (Å²) < 4.78 is 0. The van der Waals surface area contributed by atoms with Gasteiger partial charge >= 0.3 is 0 Å². The molecule has 0 saturated carbocycles. The molecule has 0 atom stereocenters. The highest BCUT2D eigenvalue weighted by molar-refractivity contribution is 5.52. The van der Waals surface area contributed by atoms with Crippen LogP contribution in [0.4, 0.5) is 0 Å². The normalized spacial score (nSPS) is 8.77. The zero-order valence-corrected chi connectivity index (χ0v) is 7.86. The number of rotatable bonds is 1. The molecule has 68 valence electrons. The third-order valence-corrected chi connectivity index (χ3v) is 1.44. The Labute approximate surface area is 77.8 Å². The lowest BCUT2D eigenvalue weighted by Crippen LogP contribution is -1.80. The van der Waals surface area contributed by atoms with Gasteiger partial charge in [0.25, 0.3) is 0 Å². The number of hydrogen-bond donors (Lipinski definition) is 1. The lowest BCUT2D eigenvalue weighted by molar-refractivity contribution is 1.09. The molecule has 0 bridgehead atoms.